The molecule has 1 fully saturated rings. The number of nitrogens with zero attached hydrogens (tertiary/aromatic N) is 3. The molecule has 180 valence electrons. The van der Waals surface area contributed by atoms with E-state index in [9.17, 15) is 21.6 Å². The number of halogens is 3. The molecule has 0 amide bonds. The van der Waals surface area contributed by atoms with E-state index in [0.29, 0.717) is 25.4 Å². The first-order chi connectivity index (χ1) is 16.1. The molecule has 0 saturated carbocycles. The van der Waals surface area contributed by atoms with Gasteiger partial charge in [-0.15, -0.1) is 0 Å². The Morgan fingerprint density at radius 2 is 1.79 bits per heavy atom. The van der Waals surface area contributed by atoms with Crippen LogP contribution in [0.4, 0.5) is 24.5 Å². The van der Waals surface area contributed by atoms with Crippen molar-refractivity contribution in [1.29, 1.82) is 0 Å². The van der Waals surface area contributed by atoms with Gasteiger partial charge in [0.2, 0.25) is 0 Å². The van der Waals surface area contributed by atoms with Crippen LogP contribution in [-0.4, -0.2) is 43.1 Å². The highest BCUT2D eigenvalue weighted by atomic mass is 32.2. The first-order valence-electron chi connectivity index (χ1n) is 10.5. The quantitative estimate of drug-likeness (QED) is 0.445. The normalized spacial score (nSPS) is 17.2. The number of aromatic nitrogens is 1. The van der Waals surface area contributed by atoms with Gasteiger partial charge in [0.15, 0.2) is 0 Å². The predicted octanol–water partition coefficient (Wildman–Crippen LogP) is 5.16. The van der Waals surface area contributed by atoms with Crippen LogP contribution in [0.15, 0.2) is 82.8 Å². The summed E-state index contributed by atoms with van der Waals surface area (Å²) in [5.41, 5.74) is -2.30. The number of hydrogen-bond donors (Lipinski definition) is 1. The molecule has 1 N–H and O–H groups in total. The van der Waals surface area contributed by atoms with Crippen LogP contribution in [0.1, 0.15) is 12.5 Å². The van der Waals surface area contributed by atoms with E-state index in [4.69, 9.17) is 0 Å². The van der Waals surface area contributed by atoms with E-state index in [-0.39, 0.29) is 27.6 Å². The van der Waals surface area contributed by atoms with Crippen molar-refractivity contribution in [1.82, 2.24) is 9.88 Å². The van der Waals surface area contributed by atoms with Gasteiger partial charge in [-0.1, -0.05) is 18.2 Å². The Morgan fingerprint density at radius 3 is 2.47 bits per heavy atom. The Hall–Kier alpha value is -2.76. The Bertz CT molecular complexity index is 1220. The maximum Gasteiger partial charge on any atom is 0.446 e. The van der Waals surface area contributed by atoms with Gasteiger partial charge in [0.25, 0.3) is 10.0 Å². The van der Waals surface area contributed by atoms with Crippen molar-refractivity contribution in [3.8, 4) is 0 Å². The van der Waals surface area contributed by atoms with Crippen molar-refractivity contribution in [3.05, 3.63) is 78.6 Å². The summed E-state index contributed by atoms with van der Waals surface area (Å²) >= 11 is -0.132. The summed E-state index contributed by atoms with van der Waals surface area (Å²) in [6, 6.07) is 16.4. The lowest BCUT2D eigenvalue weighted by atomic mass is 10.2. The fourth-order valence-corrected chi connectivity index (χ4v) is 5.42. The summed E-state index contributed by atoms with van der Waals surface area (Å²) in [5, 5.41) is 0. The summed E-state index contributed by atoms with van der Waals surface area (Å²) in [6.45, 7) is 3.79. The number of rotatable bonds is 7. The second kappa shape index (κ2) is 9.85. The Kier molecular flexibility index (Phi) is 7.06. The van der Waals surface area contributed by atoms with Crippen molar-refractivity contribution in [2.75, 3.05) is 22.8 Å². The fourth-order valence-electron chi connectivity index (χ4n) is 3.78. The molecule has 11 heteroatoms. The largest absolute Gasteiger partial charge is 0.446 e. The minimum atomic E-state index is -4.31. The van der Waals surface area contributed by atoms with E-state index in [0.717, 1.165) is 11.3 Å². The lowest BCUT2D eigenvalue weighted by molar-refractivity contribution is -0.0328. The molecule has 1 aromatic heterocycles. The summed E-state index contributed by atoms with van der Waals surface area (Å²) < 4.78 is 65.9. The standard InChI is InChI=1S/C23H23F3N4O2S2/c1-17-14-30(19-7-9-20(10-8-19)33-23(24,25)26)16-29(17)15-18-11-12-27-13-22(18)28-34(31,32)21-5-3-2-4-6-21/h2-13,17,28H,14-16H2,1H3. The number of hydrogen-bond acceptors (Lipinski definition) is 6. The first kappa shape index (κ1) is 24.4. The van der Waals surface area contributed by atoms with Crippen molar-refractivity contribution < 1.29 is 21.6 Å². The number of alkyl halides is 3. The molecule has 34 heavy (non-hydrogen) atoms. The van der Waals surface area contributed by atoms with Gasteiger partial charge in [-0.05, 0) is 66.7 Å². The number of thioether (sulfide) groups is 1. The SMILES string of the molecule is CC1CN(c2ccc(SC(F)(F)F)cc2)CN1Cc1ccncc1NS(=O)(=O)c1ccccc1. The lowest BCUT2D eigenvalue weighted by Gasteiger charge is -2.22. The third-order valence-corrected chi connectivity index (χ3v) is 7.60. The number of anilines is 2. The zero-order chi connectivity index (χ0) is 24.3. The highest BCUT2D eigenvalue weighted by molar-refractivity contribution is 8.00. The fraction of sp³-hybridized carbons (Fsp3) is 0.261. The van der Waals surface area contributed by atoms with Crippen LogP contribution < -0.4 is 9.62 Å². The molecule has 1 atom stereocenters. The van der Waals surface area contributed by atoms with E-state index in [1.807, 2.05) is 0 Å². The summed E-state index contributed by atoms with van der Waals surface area (Å²) in [6.07, 6.45) is 3.11. The van der Waals surface area contributed by atoms with Crippen LogP contribution in [0, 0.1) is 0 Å². The summed E-state index contributed by atoms with van der Waals surface area (Å²) in [7, 11) is -3.75. The zero-order valence-electron chi connectivity index (χ0n) is 18.2. The third-order valence-electron chi connectivity index (χ3n) is 5.48. The molecule has 4 rings (SSSR count). The molecule has 2 aromatic carbocycles. The van der Waals surface area contributed by atoms with Gasteiger partial charge in [0.1, 0.15) is 0 Å². The first-order valence-corrected chi connectivity index (χ1v) is 12.8. The smallest absolute Gasteiger partial charge is 0.357 e. The molecule has 0 bridgehead atoms. The maximum absolute atomic E-state index is 12.8. The third kappa shape index (κ3) is 6.02. The predicted molar refractivity (Wildman–Crippen MR) is 127 cm³/mol. The number of nitrogens with one attached hydrogen (secondary N) is 1. The van der Waals surface area contributed by atoms with E-state index >= 15 is 0 Å². The van der Waals surface area contributed by atoms with Crippen molar-refractivity contribution in [2.45, 2.75) is 34.8 Å². The summed E-state index contributed by atoms with van der Waals surface area (Å²) in [4.78, 5) is 8.64. The maximum atomic E-state index is 12.8. The summed E-state index contributed by atoms with van der Waals surface area (Å²) in [5.74, 6) is 0. The van der Waals surface area contributed by atoms with E-state index in [1.54, 1.807) is 42.6 Å². The van der Waals surface area contributed by atoms with Crippen LogP contribution in [0.5, 0.6) is 0 Å². The molecule has 1 aliphatic rings. The molecule has 1 saturated heterocycles. The number of benzene rings is 2. The van der Waals surface area contributed by atoms with Crippen LogP contribution in [0.25, 0.3) is 0 Å². The van der Waals surface area contributed by atoms with Crippen LogP contribution in [0.3, 0.4) is 0 Å². The van der Waals surface area contributed by atoms with Crippen molar-refractivity contribution >= 4 is 33.2 Å². The Morgan fingerprint density at radius 1 is 1.09 bits per heavy atom. The second-order valence-corrected chi connectivity index (χ2v) is 10.8. The molecule has 1 aliphatic heterocycles. The average Bonchev–Trinajstić information content (AvgIpc) is 3.15. The number of pyridine rings is 1. The van der Waals surface area contributed by atoms with Crippen LogP contribution in [0.2, 0.25) is 0 Å². The lowest BCUT2D eigenvalue weighted by Crippen LogP contribution is -2.29. The Labute approximate surface area is 200 Å². The topological polar surface area (TPSA) is 65.5 Å². The average molecular weight is 509 g/mol. The molecule has 2 heterocycles. The molecule has 3 aromatic rings. The van der Waals surface area contributed by atoms with Gasteiger partial charge >= 0.3 is 5.51 Å². The van der Waals surface area contributed by atoms with Gasteiger partial charge in [-0.2, -0.15) is 13.2 Å². The molecule has 0 aliphatic carbocycles. The van der Waals surface area contributed by atoms with Gasteiger partial charge in [-0.3, -0.25) is 14.6 Å². The second-order valence-electron chi connectivity index (χ2n) is 7.95. The monoisotopic (exact) mass is 508 g/mol. The molecule has 6 nitrogen and oxygen atoms in total. The van der Waals surface area contributed by atoms with E-state index < -0.39 is 15.5 Å². The molecule has 0 radical (unpaired) electrons. The minimum Gasteiger partial charge on any atom is -0.357 e. The molecule has 1 unspecified atom stereocenters. The van der Waals surface area contributed by atoms with Crippen molar-refractivity contribution in [3.63, 3.8) is 0 Å². The molecule has 0 spiro atoms. The minimum absolute atomic E-state index is 0.132. The van der Waals surface area contributed by atoms with Gasteiger partial charge in [0, 0.05) is 35.9 Å². The van der Waals surface area contributed by atoms with Gasteiger partial charge in [0.05, 0.1) is 23.4 Å². The van der Waals surface area contributed by atoms with Crippen LogP contribution >= 0.6 is 11.8 Å². The van der Waals surface area contributed by atoms with Crippen molar-refractivity contribution in [2.24, 2.45) is 0 Å². The highest BCUT2D eigenvalue weighted by Gasteiger charge is 2.30. The van der Waals surface area contributed by atoms with Gasteiger partial charge in [-0.25, -0.2) is 8.42 Å². The van der Waals surface area contributed by atoms with E-state index in [1.165, 1.54) is 30.5 Å². The number of sulfonamides is 1. The van der Waals surface area contributed by atoms with Crippen LogP contribution in [-0.2, 0) is 16.6 Å². The Balaban J connectivity index is 1.46. The zero-order valence-corrected chi connectivity index (χ0v) is 19.9. The highest BCUT2D eigenvalue weighted by Crippen LogP contribution is 2.37. The van der Waals surface area contributed by atoms with Gasteiger partial charge < -0.3 is 4.90 Å². The molecular formula is C23H23F3N4O2S2. The molecular weight excluding hydrogens is 485 g/mol. The van der Waals surface area contributed by atoms with E-state index in [2.05, 4.69) is 26.4 Å².